The van der Waals surface area contributed by atoms with Gasteiger partial charge in [0.2, 0.25) is 10.0 Å². The smallest absolute Gasteiger partial charge is 0.211 e. The second-order valence-corrected chi connectivity index (χ2v) is 8.72. The average Bonchev–Trinajstić information content (AvgIpc) is 2.61. The van der Waals surface area contributed by atoms with Crippen molar-refractivity contribution in [2.45, 2.75) is 13.3 Å². The van der Waals surface area contributed by atoms with Gasteiger partial charge in [-0.2, -0.15) is 0 Å². The van der Waals surface area contributed by atoms with Crippen molar-refractivity contribution in [3.63, 3.8) is 0 Å². The minimum absolute atomic E-state index is 0. The average molecular weight is 530 g/mol. The lowest BCUT2D eigenvalue weighted by Crippen LogP contribution is -2.51. The molecule has 1 aliphatic rings. The second kappa shape index (κ2) is 11.3. The normalized spacial score (nSPS) is 15.8. The zero-order valence-corrected chi connectivity index (χ0v) is 19.7. The van der Waals surface area contributed by atoms with Crippen LogP contribution < -0.4 is 10.6 Å². The van der Waals surface area contributed by atoms with Gasteiger partial charge in [0.25, 0.3) is 0 Å². The Bertz CT molecular complexity index is 707. The lowest BCUT2D eigenvalue weighted by atomic mass is 10.2. The van der Waals surface area contributed by atoms with Gasteiger partial charge in [-0.1, -0.05) is 18.5 Å². The summed E-state index contributed by atoms with van der Waals surface area (Å²) in [5.74, 6) is 0.531. The quantitative estimate of drug-likeness (QED) is 0.253. The van der Waals surface area contributed by atoms with Crippen LogP contribution in [0.3, 0.4) is 0 Å². The largest absolute Gasteiger partial charge is 0.370 e. The Morgan fingerprint density at radius 1 is 1.22 bits per heavy atom. The van der Waals surface area contributed by atoms with Crippen LogP contribution in [0.2, 0.25) is 5.02 Å². The van der Waals surface area contributed by atoms with E-state index in [1.54, 1.807) is 0 Å². The van der Waals surface area contributed by atoms with Crippen molar-refractivity contribution in [1.29, 1.82) is 0 Å². The van der Waals surface area contributed by atoms with Crippen molar-refractivity contribution in [2.24, 2.45) is 10.7 Å². The molecule has 2 N–H and O–H groups in total. The first-order valence-corrected chi connectivity index (χ1v) is 11.0. The topological polar surface area (TPSA) is 82.2 Å². The molecule has 0 aromatic heterocycles. The maximum absolute atomic E-state index is 11.5. The lowest BCUT2D eigenvalue weighted by Gasteiger charge is -2.36. The molecule has 154 valence electrons. The van der Waals surface area contributed by atoms with Crippen LogP contribution in [0.1, 0.15) is 13.3 Å². The number of guanidine groups is 1. The van der Waals surface area contributed by atoms with Crippen LogP contribution in [0.15, 0.2) is 29.3 Å². The number of aliphatic imine (C=N–C) groups is 1. The number of benzene rings is 1. The van der Waals surface area contributed by atoms with E-state index in [4.69, 9.17) is 17.3 Å². The van der Waals surface area contributed by atoms with Gasteiger partial charge in [-0.15, -0.1) is 24.0 Å². The van der Waals surface area contributed by atoms with Crippen LogP contribution in [0.5, 0.6) is 0 Å². The molecule has 0 spiro atoms. The number of piperazine rings is 1. The maximum atomic E-state index is 11.5. The van der Waals surface area contributed by atoms with Gasteiger partial charge in [-0.25, -0.2) is 12.7 Å². The highest BCUT2D eigenvalue weighted by Gasteiger charge is 2.18. The van der Waals surface area contributed by atoms with E-state index in [0.29, 0.717) is 32.0 Å². The summed E-state index contributed by atoms with van der Waals surface area (Å²) < 4.78 is 24.5. The van der Waals surface area contributed by atoms with Crippen LogP contribution >= 0.6 is 35.6 Å². The number of sulfonamides is 1. The molecule has 0 aliphatic carbocycles. The summed E-state index contributed by atoms with van der Waals surface area (Å²) in [4.78, 5) is 8.78. The van der Waals surface area contributed by atoms with Gasteiger partial charge in [-0.3, -0.25) is 4.99 Å². The Labute approximate surface area is 184 Å². The van der Waals surface area contributed by atoms with Crippen LogP contribution in [0.4, 0.5) is 5.69 Å². The predicted molar refractivity (Wildman–Crippen MR) is 124 cm³/mol. The predicted octanol–water partition coefficient (Wildman–Crippen LogP) is 2.07. The Hall–Kier alpha value is -0.780. The molecule has 0 bridgehead atoms. The zero-order valence-electron chi connectivity index (χ0n) is 15.8. The molecule has 1 aromatic carbocycles. The first-order chi connectivity index (χ1) is 12.3. The molecule has 10 heteroatoms. The summed E-state index contributed by atoms with van der Waals surface area (Å²) in [5, 5.41) is 0.737. The van der Waals surface area contributed by atoms with E-state index >= 15 is 0 Å². The van der Waals surface area contributed by atoms with E-state index in [9.17, 15) is 8.42 Å². The molecule has 1 saturated heterocycles. The summed E-state index contributed by atoms with van der Waals surface area (Å²) in [5.41, 5.74) is 7.25. The van der Waals surface area contributed by atoms with E-state index in [-0.39, 0.29) is 24.0 Å². The number of halogens is 2. The maximum Gasteiger partial charge on any atom is 0.211 e. The monoisotopic (exact) mass is 529 g/mol. The van der Waals surface area contributed by atoms with E-state index in [1.165, 1.54) is 10.6 Å². The number of hydrogen-bond donors (Lipinski definition) is 1. The van der Waals surface area contributed by atoms with Crippen LogP contribution in [-0.2, 0) is 10.0 Å². The minimum atomic E-state index is -3.14. The van der Waals surface area contributed by atoms with E-state index in [1.807, 2.05) is 31.2 Å². The molecule has 2 rings (SSSR count). The standard InChI is InChI=1S/C17H28ClN5O2S.HI/c1-3-23(26(2,24)25)10-4-9-20-17(19)22-13-11-21(12-14-22)16-7-5-15(18)6-8-16;/h5-8H,3-4,9-14H2,1-2H3,(H2,19,20);1H. The van der Waals surface area contributed by atoms with Gasteiger partial charge < -0.3 is 15.5 Å². The van der Waals surface area contributed by atoms with Gasteiger partial charge in [-0.05, 0) is 30.7 Å². The van der Waals surface area contributed by atoms with Crippen molar-refractivity contribution in [3.8, 4) is 0 Å². The molecular weight excluding hydrogens is 501 g/mol. The third-order valence-electron chi connectivity index (χ3n) is 4.46. The van der Waals surface area contributed by atoms with Gasteiger partial charge in [0.1, 0.15) is 0 Å². The van der Waals surface area contributed by atoms with E-state index in [0.717, 1.165) is 36.9 Å². The fraction of sp³-hybridized carbons (Fsp3) is 0.588. The SMILES string of the molecule is CCN(CCCN=C(N)N1CCN(c2ccc(Cl)cc2)CC1)S(C)(=O)=O.I. The highest BCUT2D eigenvalue weighted by Crippen LogP contribution is 2.19. The third kappa shape index (κ3) is 7.63. The molecule has 7 nitrogen and oxygen atoms in total. The Morgan fingerprint density at radius 3 is 2.33 bits per heavy atom. The number of rotatable bonds is 7. The second-order valence-electron chi connectivity index (χ2n) is 6.30. The van der Waals surface area contributed by atoms with Crippen molar-refractivity contribution in [3.05, 3.63) is 29.3 Å². The first-order valence-electron chi connectivity index (χ1n) is 8.81. The number of nitrogens with two attached hydrogens (primary N) is 1. The molecule has 0 amide bonds. The van der Waals surface area contributed by atoms with E-state index < -0.39 is 10.0 Å². The van der Waals surface area contributed by atoms with Gasteiger partial charge in [0.05, 0.1) is 6.26 Å². The summed E-state index contributed by atoms with van der Waals surface area (Å²) in [6.07, 6.45) is 1.89. The van der Waals surface area contributed by atoms with Crippen LogP contribution in [-0.4, -0.2) is 75.7 Å². The van der Waals surface area contributed by atoms with Crippen molar-refractivity contribution >= 4 is 57.2 Å². The molecule has 0 radical (unpaired) electrons. The van der Waals surface area contributed by atoms with Gasteiger partial charge in [0, 0.05) is 56.5 Å². The molecule has 0 unspecified atom stereocenters. The molecule has 1 aliphatic heterocycles. The fourth-order valence-corrected chi connectivity index (χ4v) is 4.00. The lowest BCUT2D eigenvalue weighted by molar-refractivity contribution is 0.380. The van der Waals surface area contributed by atoms with Crippen molar-refractivity contribution in [2.75, 3.05) is 57.0 Å². The molecule has 0 atom stereocenters. The fourth-order valence-electron chi connectivity index (χ4n) is 2.94. The summed E-state index contributed by atoms with van der Waals surface area (Å²) in [6.45, 7) is 6.66. The van der Waals surface area contributed by atoms with Gasteiger partial charge >= 0.3 is 0 Å². The van der Waals surface area contributed by atoms with Crippen LogP contribution in [0.25, 0.3) is 0 Å². The summed E-state index contributed by atoms with van der Waals surface area (Å²) in [6, 6.07) is 7.84. The Kier molecular flexibility index (Phi) is 10.1. The van der Waals surface area contributed by atoms with Gasteiger partial charge in [0.15, 0.2) is 5.96 Å². The minimum Gasteiger partial charge on any atom is -0.370 e. The molecule has 27 heavy (non-hydrogen) atoms. The Balaban J connectivity index is 0.00000364. The van der Waals surface area contributed by atoms with Crippen LogP contribution in [0, 0.1) is 0 Å². The third-order valence-corrected chi connectivity index (χ3v) is 6.09. The van der Waals surface area contributed by atoms with Crippen molar-refractivity contribution < 1.29 is 8.42 Å². The zero-order chi connectivity index (χ0) is 19.2. The highest BCUT2D eigenvalue weighted by atomic mass is 127. The molecule has 1 aromatic rings. The molecule has 1 fully saturated rings. The molecular formula is C17H29ClIN5O2S. The Morgan fingerprint density at radius 2 is 1.81 bits per heavy atom. The number of nitrogens with zero attached hydrogens (tertiary/aromatic N) is 4. The number of hydrogen-bond acceptors (Lipinski definition) is 4. The highest BCUT2D eigenvalue weighted by molar-refractivity contribution is 14.0. The van der Waals surface area contributed by atoms with Crippen molar-refractivity contribution in [1.82, 2.24) is 9.21 Å². The molecule has 0 saturated carbocycles. The first kappa shape index (κ1) is 24.3. The summed E-state index contributed by atoms with van der Waals surface area (Å²) >= 11 is 5.93. The van der Waals surface area contributed by atoms with E-state index in [2.05, 4.69) is 14.8 Å². The molecule has 1 heterocycles. The number of anilines is 1. The summed E-state index contributed by atoms with van der Waals surface area (Å²) in [7, 11) is -3.14.